The van der Waals surface area contributed by atoms with Crippen LogP contribution in [0.5, 0.6) is 11.5 Å². The van der Waals surface area contributed by atoms with Crippen molar-refractivity contribution in [3.63, 3.8) is 0 Å². The number of carbonyl (C=O) groups excluding carboxylic acids is 2. The Kier molecular flexibility index (Phi) is 10.4. The van der Waals surface area contributed by atoms with Crippen molar-refractivity contribution in [3.05, 3.63) is 89.5 Å². The quantitative estimate of drug-likeness (QED) is 0.388. The average Bonchev–Trinajstić information content (AvgIpc) is 3.01. The number of hydrogen-bond acceptors (Lipinski definition) is 6. The number of nitrogens with one attached hydrogen (secondary N) is 1. The Morgan fingerprint density at radius 2 is 1.85 bits per heavy atom. The largest absolute Gasteiger partial charge is 0.497 e. The molecule has 3 atom stereocenters. The standard InChI is InChI=1S/C33H41N3O5/c1-23-19-36(24(2)22-37)33(39)18-27-17-28(34-32(38)16-25-8-6-5-7-9-25)12-15-30(27)41-31(23)21-35(3)20-26-10-13-29(40-4)14-11-26/h5-15,17,23-24,31,37H,16,18-22H2,1-4H3,(H,34,38)/t23-,24+,31-/m0/s1. The Labute approximate surface area is 242 Å². The molecule has 0 aromatic heterocycles. The number of hydrogen-bond donors (Lipinski definition) is 2. The Morgan fingerprint density at radius 3 is 2.54 bits per heavy atom. The molecule has 0 unspecified atom stereocenters. The van der Waals surface area contributed by atoms with Gasteiger partial charge in [0.15, 0.2) is 0 Å². The molecule has 0 bridgehead atoms. The zero-order valence-corrected chi connectivity index (χ0v) is 24.4. The molecule has 0 spiro atoms. The van der Waals surface area contributed by atoms with E-state index >= 15 is 0 Å². The molecule has 8 nitrogen and oxygen atoms in total. The summed E-state index contributed by atoms with van der Waals surface area (Å²) in [7, 11) is 3.71. The van der Waals surface area contributed by atoms with Gasteiger partial charge in [-0.15, -0.1) is 0 Å². The molecular formula is C33H41N3O5. The average molecular weight is 560 g/mol. The lowest BCUT2D eigenvalue weighted by atomic mass is 10.0. The highest BCUT2D eigenvalue weighted by molar-refractivity contribution is 5.92. The zero-order chi connectivity index (χ0) is 29.4. The fraction of sp³-hybridized carbons (Fsp3) is 0.394. The Hall–Kier alpha value is -3.88. The van der Waals surface area contributed by atoms with Gasteiger partial charge in [-0.3, -0.25) is 14.5 Å². The van der Waals surface area contributed by atoms with Crippen molar-refractivity contribution in [2.75, 3.05) is 39.2 Å². The van der Waals surface area contributed by atoms with E-state index in [1.807, 2.05) is 67.6 Å². The summed E-state index contributed by atoms with van der Waals surface area (Å²) in [5.74, 6) is 1.24. The van der Waals surface area contributed by atoms with Gasteiger partial charge < -0.3 is 24.8 Å². The normalized spacial score (nSPS) is 18.0. The van der Waals surface area contributed by atoms with Crippen LogP contribution in [0, 0.1) is 5.92 Å². The number of benzene rings is 3. The first-order chi connectivity index (χ1) is 19.7. The summed E-state index contributed by atoms with van der Waals surface area (Å²) in [5, 5.41) is 12.9. The van der Waals surface area contributed by atoms with E-state index in [4.69, 9.17) is 9.47 Å². The van der Waals surface area contributed by atoms with Crippen molar-refractivity contribution in [2.45, 2.75) is 45.4 Å². The number of fused-ring (bicyclic) bond motifs is 1. The van der Waals surface area contributed by atoms with Gasteiger partial charge in [-0.1, -0.05) is 49.4 Å². The summed E-state index contributed by atoms with van der Waals surface area (Å²) in [4.78, 5) is 30.2. The summed E-state index contributed by atoms with van der Waals surface area (Å²) < 4.78 is 11.9. The molecule has 3 aromatic carbocycles. The fourth-order valence-electron chi connectivity index (χ4n) is 5.13. The molecule has 0 saturated carbocycles. The molecule has 8 heteroatoms. The van der Waals surface area contributed by atoms with E-state index in [1.54, 1.807) is 12.0 Å². The summed E-state index contributed by atoms with van der Waals surface area (Å²) in [5.41, 5.74) is 3.41. The molecule has 0 aliphatic carbocycles. The third-order valence-electron chi connectivity index (χ3n) is 7.51. The lowest BCUT2D eigenvalue weighted by Gasteiger charge is -2.34. The van der Waals surface area contributed by atoms with Gasteiger partial charge in [-0.2, -0.15) is 0 Å². The summed E-state index contributed by atoms with van der Waals surface area (Å²) >= 11 is 0. The molecule has 3 aromatic rings. The summed E-state index contributed by atoms with van der Waals surface area (Å²) in [6, 6.07) is 22.7. The summed E-state index contributed by atoms with van der Waals surface area (Å²) in [6.45, 7) is 5.65. The monoisotopic (exact) mass is 559 g/mol. The molecule has 4 rings (SSSR count). The number of carbonyl (C=O) groups is 2. The van der Waals surface area contributed by atoms with Crippen molar-refractivity contribution < 1.29 is 24.2 Å². The van der Waals surface area contributed by atoms with Crippen LogP contribution < -0.4 is 14.8 Å². The summed E-state index contributed by atoms with van der Waals surface area (Å²) in [6.07, 6.45) is 0.160. The highest BCUT2D eigenvalue weighted by Crippen LogP contribution is 2.29. The molecule has 0 fully saturated rings. The second-order valence-electron chi connectivity index (χ2n) is 11.0. The van der Waals surface area contributed by atoms with Crippen molar-refractivity contribution in [3.8, 4) is 11.5 Å². The smallest absolute Gasteiger partial charge is 0.228 e. The number of ether oxygens (including phenoxy) is 2. The van der Waals surface area contributed by atoms with E-state index in [-0.39, 0.29) is 49.3 Å². The first-order valence-corrected chi connectivity index (χ1v) is 14.1. The maximum Gasteiger partial charge on any atom is 0.228 e. The molecule has 2 amide bonds. The van der Waals surface area contributed by atoms with Crippen LogP contribution in [0.1, 0.15) is 30.5 Å². The number of amides is 2. The minimum Gasteiger partial charge on any atom is -0.497 e. The van der Waals surface area contributed by atoms with Crippen LogP contribution in [0.4, 0.5) is 5.69 Å². The van der Waals surface area contributed by atoms with Gasteiger partial charge in [0.25, 0.3) is 0 Å². The number of anilines is 1. The van der Waals surface area contributed by atoms with Gasteiger partial charge in [-0.25, -0.2) is 0 Å². The van der Waals surface area contributed by atoms with Crippen LogP contribution in [0.3, 0.4) is 0 Å². The second-order valence-corrected chi connectivity index (χ2v) is 11.0. The van der Waals surface area contributed by atoms with Gasteiger partial charge in [0.2, 0.25) is 11.8 Å². The molecule has 41 heavy (non-hydrogen) atoms. The molecule has 0 saturated heterocycles. The molecule has 0 radical (unpaired) electrons. The minimum atomic E-state index is -0.321. The minimum absolute atomic E-state index is 0.00229. The van der Waals surface area contributed by atoms with Crippen molar-refractivity contribution in [1.82, 2.24) is 9.80 Å². The van der Waals surface area contributed by atoms with Crippen LogP contribution in [-0.2, 0) is 29.0 Å². The Bertz CT molecular complexity index is 1300. The molecule has 2 N–H and O–H groups in total. The van der Waals surface area contributed by atoms with E-state index < -0.39 is 0 Å². The molecular weight excluding hydrogens is 518 g/mol. The van der Waals surface area contributed by atoms with Gasteiger partial charge in [0, 0.05) is 36.8 Å². The zero-order valence-electron chi connectivity index (χ0n) is 24.4. The van der Waals surface area contributed by atoms with E-state index in [1.165, 1.54) is 0 Å². The number of methoxy groups -OCH3 is 1. The van der Waals surface area contributed by atoms with Crippen LogP contribution in [0.2, 0.25) is 0 Å². The first-order valence-electron chi connectivity index (χ1n) is 14.1. The number of rotatable bonds is 10. The van der Waals surface area contributed by atoms with E-state index in [0.29, 0.717) is 30.1 Å². The van der Waals surface area contributed by atoms with E-state index in [0.717, 1.165) is 23.4 Å². The van der Waals surface area contributed by atoms with Crippen molar-refractivity contribution in [2.24, 2.45) is 5.92 Å². The van der Waals surface area contributed by atoms with Gasteiger partial charge in [-0.05, 0) is 55.4 Å². The highest BCUT2D eigenvalue weighted by Gasteiger charge is 2.31. The van der Waals surface area contributed by atoms with Crippen molar-refractivity contribution >= 4 is 17.5 Å². The number of likely N-dealkylation sites (N-methyl/N-ethyl adjacent to an activating group) is 1. The van der Waals surface area contributed by atoms with Gasteiger partial charge in [0.1, 0.15) is 17.6 Å². The van der Waals surface area contributed by atoms with Crippen LogP contribution >= 0.6 is 0 Å². The third-order valence-corrected chi connectivity index (χ3v) is 7.51. The molecule has 1 heterocycles. The number of aliphatic hydroxyl groups excluding tert-OH is 1. The molecule has 1 aliphatic heterocycles. The Balaban J connectivity index is 1.55. The first kappa shape index (κ1) is 30.1. The topological polar surface area (TPSA) is 91.3 Å². The lowest BCUT2D eigenvalue weighted by Crippen LogP contribution is -2.47. The van der Waals surface area contributed by atoms with Crippen LogP contribution in [0.25, 0.3) is 0 Å². The number of nitrogens with zero attached hydrogens (tertiary/aromatic N) is 2. The maximum atomic E-state index is 13.5. The number of aliphatic hydroxyl groups is 1. The maximum absolute atomic E-state index is 13.5. The van der Waals surface area contributed by atoms with Gasteiger partial charge in [0.05, 0.1) is 32.6 Å². The Morgan fingerprint density at radius 1 is 1.12 bits per heavy atom. The lowest BCUT2D eigenvalue weighted by molar-refractivity contribution is -0.134. The SMILES string of the molecule is COc1ccc(CN(C)C[C@@H]2Oc3ccc(NC(=O)Cc4ccccc4)cc3CC(=O)N([C@H](C)CO)C[C@@H]2C)cc1. The van der Waals surface area contributed by atoms with E-state index in [2.05, 4.69) is 36.3 Å². The highest BCUT2D eigenvalue weighted by atomic mass is 16.5. The van der Waals surface area contributed by atoms with Crippen LogP contribution in [-0.4, -0.2) is 72.7 Å². The second kappa shape index (κ2) is 14.1. The predicted octanol–water partition coefficient (Wildman–Crippen LogP) is 4.16. The predicted molar refractivity (Wildman–Crippen MR) is 160 cm³/mol. The molecule has 1 aliphatic rings. The molecule has 218 valence electrons. The van der Waals surface area contributed by atoms with Crippen LogP contribution in [0.15, 0.2) is 72.8 Å². The third kappa shape index (κ3) is 8.31. The van der Waals surface area contributed by atoms with E-state index in [9.17, 15) is 14.7 Å². The fourth-order valence-corrected chi connectivity index (χ4v) is 5.13. The van der Waals surface area contributed by atoms with Gasteiger partial charge >= 0.3 is 0 Å². The van der Waals surface area contributed by atoms with Crippen molar-refractivity contribution in [1.29, 1.82) is 0 Å².